The van der Waals surface area contributed by atoms with Crippen LogP contribution in [0, 0.1) is 0 Å². The molecule has 21 heavy (non-hydrogen) atoms. The van der Waals surface area contributed by atoms with Gasteiger partial charge >= 0.3 is 6.18 Å². The Kier molecular flexibility index (Phi) is 4.75. The number of para-hydroxylation sites is 1. The summed E-state index contributed by atoms with van der Waals surface area (Å²) in [5, 5.41) is 3.07. The van der Waals surface area contributed by atoms with Crippen LogP contribution in [0.15, 0.2) is 42.5 Å². The summed E-state index contributed by atoms with van der Waals surface area (Å²) in [6.07, 6.45) is -4.50. The second kappa shape index (κ2) is 6.37. The maximum atomic E-state index is 13.1. The van der Waals surface area contributed by atoms with Crippen LogP contribution in [0.2, 0.25) is 5.02 Å². The highest BCUT2D eigenvalue weighted by Gasteiger charge is 2.35. The van der Waals surface area contributed by atoms with E-state index in [-0.39, 0.29) is 16.5 Å². The Labute approximate surface area is 125 Å². The van der Waals surface area contributed by atoms with E-state index in [1.165, 1.54) is 12.1 Å². The molecule has 2 nitrogen and oxygen atoms in total. The number of nitrogens with one attached hydrogen (secondary N) is 1. The summed E-state index contributed by atoms with van der Waals surface area (Å²) >= 11 is 5.91. The van der Waals surface area contributed by atoms with Gasteiger partial charge in [0.05, 0.1) is 10.6 Å². The number of rotatable bonds is 4. The second-order valence-electron chi connectivity index (χ2n) is 4.39. The van der Waals surface area contributed by atoms with Crippen LogP contribution in [-0.4, -0.2) is 7.05 Å². The molecule has 0 saturated heterocycles. The lowest BCUT2D eigenvalue weighted by Gasteiger charge is -2.15. The number of ether oxygens (including phenoxy) is 1. The van der Waals surface area contributed by atoms with E-state index in [1.807, 2.05) is 0 Å². The summed E-state index contributed by atoms with van der Waals surface area (Å²) in [5.74, 6) is -0.0820. The van der Waals surface area contributed by atoms with E-state index in [0.29, 0.717) is 12.1 Å². The molecule has 0 atom stereocenters. The van der Waals surface area contributed by atoms with Crippen molar-refractivity contribution in [2.45, 2.75) is 12.7 Å². The molecular formula is C15H13ClF3NO. The Morgan fingerprint density at radius 3 is 2.43 bits per heavy atom. The van der Waals surface area contributed by atoms with Crippen molar-refractivity contribution in [3.63, 3.8) is 0 Å². The lowest BCUT2D eigenvalue weighted by molar-refractivity contribution is -0.138. The monoisotopic (exact) mass is 315 g/mol. The van der Waals surface area contributed by atoms with Crippen molar-refractivity contribution in [2.75, 3.05) is 7.05 Å². The van der Waals surface area contributed by atoms with Gasteiger partial charge in [0.2, 0.25) is 0 Å². The number of hydrogen-bond donors (Lipinski definition) is 1. The number of hydrogen-bond acceptors (Lipinski definition) is 2. The summed E-state index contributed by atoms with van der Waals surface area (Å²) in [4.78, 5) is 0. The zero-order valence-electron chi connectivity index (χ0n) is 11.2. The summed E-state index contributed by atoms with van der Waals surface area (Å²) in [7, 11) is 1.67. The Morgan fingerprint density at radius 2 is 1.81 bits per heavy atom. The minimum absolute atomic E-state index is 0.186. The minimum Gasteiger partial charge on any atom is -0.455 e. The zero-order chi connectivity index (χ0) is 15.5. The molecule has 0 amide bonds. The fourth-order valence-electron chi connectivity index (χ4n) is 1.85. The maximum Gasteiger partial charge on any atom is 0.419 e. The predicted octanol–water partition coefficient (Wildman–Crippen LogP) is 4.87. The molecule has 0 aliphatic carbocycles. The SMILES string of the molecule is CNCc1ccc(Oc2ccccc2Cl)c(C(F)(F)F)c1. The first kappa shape index (κ1) is 15.7. The standard InChI is InChI=1S/C15H13ClF3NO/c1-20-9-10-6-7-13(11(8-10)15(17,18)19)21-14-5-3-2-4-12(14)16/h2-8,20H,9H2,1H3. The number of benzene rings is 2. The van der Waals surface area contributed by atoms with Crippen LogP contribution in [0.25, 0.3) is 0 Å². The summed E-state index contributed by atoms with van der Waals surface area (Å²) in [5.41, 5.74) is -0.300. The smallest absolute Gasteiger partial charge is 0.419 e. The topological polar surface area (TPSA) is 21.3 Å². The average molecular weight is 316 g/mol. The molecular weight excluding hydrogens is 303 g/mol. The highest BCUT2D eigenvalue weighted by Crippen LogP contribution is 2.40. The van der Waals surface area contributed by atoms with Crippen LogP contribution >= 0.6 is 11.6 Å². The van der Waals surface area contributed by atoms with Crippen LogP contribution in [0.3, 0.4) is 0 Å². The molecule has 112 valence electrons. The molecule has 2 aromatic carbocycles. The van der Waals surface area contributed by atoms with Crippen LogP contribution in [0.4, 0.5) is 13.2 Å². The molecule has 6 heteroatoms. The average Bonchev–Trinajstić information content (AvgIpc) is 2.42. The predicted molar refractivity (Wildman–Crippen MR) is 75.7 cm³/mol. The van der Waals surface area contributed by atoms with Crippen molar-refractivity contribution in [1.29, 1.82) is 0 Å². The molecule has 2 aromatic rings. The van der Waals surface area contributed by atoms with E-state index in [1.54, 1.807) is 31.3 Å². The van der Waals surface area contributed by atoms with E-state index < -0.39 is 11.7 Å². The lowest BCUT2D eigenvalue weighted by Crippen LogP contribution is -2.10. The molecule has 1 N–H and O–H groups in total. The largest absolute Gasteiger partial charge is 0.455 e. The molecule has 0 spiro atoms. The van der Waals surface area contributed by atoms with Crippen molar-refractivity contribution in [1.82, 2.24) is 5.32 Å². The van der Waals surface area contributed by atoms with Gasteiger partial charge in [-0.15, -0.1) is 0 Å². The van der Waals surface area contributed by atoms with Crippen molar-refractivity contribution in [2.24, 2.45) is 0 Å². The van der Waals surface area contributed by atoms with Crippen LogP contribution < -0.4 is 10.1 Å². The van der Waals surface area contributed by atoms with E-state index in [4.69, 9.17) is 16.3 Å². The highest BCUT2D eigenvalue weighted by molar-refractivity contribution is 6.32. The molecule has 0 aromatic heterocycles. The quantitative estimate of drug-likeness (QED) is 0.869. The van der Waals surface area contributed by atoms with Gasteiger partial charge in [-0.3, -0.25) is 0 Å². The van der Waals surface area contributed by atoms with E-state index in [0.717, 1.165) is 6.07 Å². The summed E-state index contributed by atoms with van der Waals surface area (Å²) in [6, 6.07) is 10.3. The third kappa shape index (κ3) is 3.89. The molecule has 0 heterocycles. The van der Waals surface area contributed by atoms with Crippen LogP contribution in [0.5, 0.6) is 11.5 Å². The molecule has 0 radical (unpaired) electrons. The van der Waals surface area contributed by atoms with Crippen LogP contribution in [-0.2, 0) is 12.7 Å². The maximum absolute atomic E-state index is 13.1. The summed E-state index contributed by atoms with van der Waals surface area (Å²) in [6.45, 7) is 0.343. The Bertz CT molecular complexity index is 629. The van der Waals surface area contributed by atoms with Crippen molar-refractivity contribution >= 4 is 11.6 Å². The van der Waals surface area contributed by atoms with Crippen molar-refractivity contribution < 1.29 is 17.9 Å². The fourth-order valence-corrected chi connectivity index (χ4v) is 2.02. The first-order valence-corrected chi connectivity index (χ1v) is 6.56. The van der Waals surface area contributed by atoms with Crippen molar-refractivity contribution in [3.8, 4) is 11.5 Å². The van der Waals surface area contributed by atoms with Gasteiger partial charge in [0.15, 0.2) is 0 Å². The van der Waals surface area contributed by atoms with Gasteiger partial charge in [-0.25, -0.2) is 0 Å². The Balaban J connectivity index is 2.41. The molecule has 0 unspecified atom stereocenters. The normalized spacial score (nSPS) is 11.5. The van der Waals surface area contributed by atoms with E-state index in [9.17, 15) is 13.2 Å². The molecule has 0 fully saturated rings. The van der Waals surface area contributed by atoms with Gasteiger partial charge in [-0.05, 0) is 36.9 Å². The van der Waals surface area contributed by atoms with Crippen molar-refractivity contribution in [3.05, 3.63) is 58.6 Å². The minimum atomic E-state index is -4.50. The van der Waals surface area contributed by atoms with Gasteiger partial charge in [0, 0.05) is 6.54 Å². The first-order valence-electron chi connectivity index (χ1n) is 6.19. The van der Waals surface area contributed by atoms with Gasteiger partial charge in [0.1, 0.15) is 11.5 Å². The van der Waals surface area contributed by atoms with Gasteiger partial charge in [0.25, 0.3) is 0 Å². The van der Waals surface area contributed by atoms with E-state index in [2.05, 4.69) is 5.32 Å². The fraction of sp³-hybridized carbons (Fsp3) is 0.200. The highest BCUT2D eigenvalue weighted by atomic mass is 35.5. The summed E-state index contributed by atoms with van der Waals surface area (Å²) < 4.78 is 44.7. The molecule has 0 bridgehead atoms. The molecule has 0 saturated carbocycles. The van der Waals surface area contributed by atoms with Gasteiger partial charge in [-0.2, -0.15) is 13.2 Å². The molecule has 2 rings (SSSR count). The Morgan fingerprint density at radius 1 is 1.10 bits per heavy atom. The first-order chi connectivity index (χ1) is 9.91. The zero-order valence-corrected chi connectivity index (χ0v) is 11.9. The van der Waals surface area contributed by atoms with E-state index >= 15 is 0 Å². The van der Waals surface area contributed by atoms with Crippen LogP contribution in [0.1, 0.15) is 11.1 Å². The third-order valence-electron chi connectivity index (χ3n) is 2.79. The molecule has 0 aliphatic heterocycles. The Hall–Kier alpha value is -1.72. The number of alkyl halides is 3. The number of halogens is 4. The third-order valence-corrected chi connectivity index (χ3v) is 3.10. The second-order valence-corrected chi connectivity index (χ2v) is 4.80. The van der Waals surface area contributed by atoms with Gasteiger partial charge < -0.3 is 10.1 Å². The lowest BCUT2D eigenvalue weighted by atomic mass is 10.1. The molecule has 0 aliphatic rings. The van der Waals surface area contributed by atoms with Gasteiger partial charge in [-0.1, -0.05) is 29.8 Å².